The first kappa shape index (κ1) is 54.7. The fourth-order valence-electron chi connectivity index (χ4n) is 6.21. The molecule has 0 saturated carbocycles. The van der Waals surface area contributed by atoms with E-state index < -0.39 is 18.1 Å². The summed E-state index contributed by atoms with van der Waals surface area (Å²) >= 11 is 0. The van der Waals surface area contributed by atoms with Gasteiger partial charge >= 0.3 is 12.1 Å². The van der Waals surface area contributed by atoms with Gasteiger partial charge in [0.15, 0.2) is 0 Å². The fraction of sp³-hybridized carbons (Fsp3) is 0.864. The first-order valence-electron chi connectivity index (χ1n) is 22.9. The SMILES string of the molecule is CCCCCCCCCCCCCCCC(=O)NC(CCC(=O)NCCOCCOCCOCCOCCn1cc(CCOC(=O)NCCCCC(C)(C)C)nn1)C(=O)O. The molecule has 0 fully saturated rings. The quantitative estimate of drug-likeness (QED) is 0.0504. The topological polar surface area (TPSA) is 201 Å². The summed E-state index contributed by atoms with van der Waals surface area (Å²) in [6.45, 7) is 13.7. The Balaban J connectivity index is 1.91. The van der Waals surface area contributed by atoms with Crippen LogP contribution >= 0.6 is 0 Å². The van der Waals surface area contributed by atoms with E-state index in [4.69, 9.17) is 23.7 Å². The number of rotatable bonds is 41. The van der Waals surface area contributed by atoms with Crippen molar-refractivity contribution < 1.29 is 48.0 Å². The van der Waals surface area contributed by atoms with Crippen molar-refractivity contribution in [2.75, 3.05) is 72.6 Å². The summed E-state index contributed by atoms with van der Waals surface area (Å²) < 4.78 is 29.0. The van der Waals surface area contributed by atoms with Crippen LogP contribution in [0.3, 0.4) is 0 Å². The van der Waals surface area contributed by atoms with Gasteiger partial charge in [0.2, 0.25) is 11.8 Å². The number of hydrogen-bond donors (Lipinski definition) is 4. The highest BCUT2D eigenvalue weighted by molar-refractivity contribution is 5.84. The molecule has 0 radical (unpaired) electrons. The molecule has 1 rings (SSSR count). The van der Waals surface area contributed by atoms with E-state index in [1.54, 1.807) is 4.68 Å². The number of carboxylic acid groups (broad SMARTS) is 1. The number of nitrogens with zero attached hydrogens (tertiary/aromatic N) is 3. The van der Waals surface area contributed by atoms with Crippen molar-refractivity contribution in [3.63, 3.8) is 0 Å². The minimum Gasteiger partial charge on any atom is -0.480 e. The first-order valence-corrected chi connectivity index (χ1v) is 22.9. The molecule has 0 aliphatic carbocycles. The molecule has 1 heterocycles. The predicted molar refractivity (Wildman–Crippen MR) is 232 cm³/mol. The Morgan fingerprint density at radius 1 is 0.667 bits per heavy atom. The zero-order valence-corrected chi connectivity index (χ0v) is 37.7. The number of carbonyl (C=O) groups excluding carboxylic acids is 3. The molecule has 4 N–H and O–H groups in total. The number of unbranched alkanes of at least 4 members (excludes halogenated alkanes) is 13. The van der Waals surface area contributed by atoms with Crippen LogP contribution in [0.25, 0.3) is 0 Å². The molecule has 3 amide bonds. The average Bonchev–Trinajstić information content (AvgIpc) is 3.66. The second-order valence-corrected chi connectivity index (χ2v) is 16.6. The van der Waals surface area contributed by atoms with Gasteiger partial charge in [-0.3, -0.25) is 9.59 Å². The smallest absolute Gasteiger partial charge is 0.407 e. The van der Waals surface area contributed by atoms with Crippen molar-refractivity contribution in [1.29, 1.82) is 0 Å². The summed E-state index contributed by atoms with van der Waals surface area (Å²) in [6, 6.07) is -1.09. The second kappa shape index (κ2) is 37.4. The standard InChI is InChI=1S/C44H82N6O10/c1-5-6-7-8-9-10-11-12-13-14-15-16-17-20-41(52)47-39(42(53)54)21-22-40(51)45-26-29-56-31-33-58-35-36-59-34-32-57-30-27-50-37-38(48-49-50)23-28-60-43(55)46-25-19-18-24-44(2,3)4/h37,39H,5-36H2,1-4H3,(H,45,51)(H,46,55)(H,47,52)(H,53,54). The van der Waals surface area contributed by atoms with Crippen LogP contribution in [0.5, 0.6) is 0 Å². The third-order valence-corrected chi connectivity index (χ3v) is 9.75. The molecule has 1 aromatic rings. The van der Waals surface area contributed by atoms with Crippen LogP contribution in [0.4, 0.5) is 4.79 Å². The van der Waals surface area contributed by atoms with Crippen LogP contribution in [-0.2, 0) is 51.0 Å². The van der Waals surface area contributed by atoms with E-state index in [-0.39, 0.29) is 37.8 Å². The molecule has 0 aliphatic heterocycles. The molecule has 0 saturated heterocycles. The number of aliphatic carboxylic acids is 1. The molecule has 1 atom stereocenters. The number of ether oxygens (including phenoxy) is 5. The third-order valence-electron chi connectivity index (χ3n) is 9.75. The van der Waals surface area contributed by atoms with Gasteiger partial charge in [-0.25, -0.2) is 14.3 Å². The van der Waals surface area contributed by atoms with Gasteiger partial charge in [-0.15, -0.1) is 5.10 Å². The molecule has 16 heteroatoms. The predicted octanol–water partition coefficient (Wildman–Crippen LogP) is 6.78. The Bertz CT molecular complexity index is 1230. The maximum absolute atomic E-state index is 12.3. The molecular weight excluding hydrogens is 773 g/mol. The number of aromatic nitrogens is 3. The molecule has 0 bridgehead atoms. The third kappa shape index (κ3) is 35.4. The van der Waals surface area contributed by atoms with Crippen LogP contribution in [0.2, 0.25) is 0 Å². The highest BCUT2D eigenvalue weighted by Crippen LogP contribution is 2.21. The minimum absolute atomic E-state index is 0.00901. The molecule has 60 heavy (non-hydrogen) atoms. The summed E-state index contributed by atoms with van der Waals surface area (Å²) in [5, 5.41) is 25.8. The van der Waals surface area contributed by atoms with Gasteiger partial charge in [-0.2, -0.15) is 0 Å². The van der Waals surface area contributed by atoms with Gasteiger partial charge < -0.3 is 44.7 Å². The van der Waals surface area contributed by atoms with Crippen LogP contribution in [0.1, 0.15) is 155 Å². The van der Waals surface area contributed by atoms with Gasteiger partial charge in [0.05, 0.1) is 71.7 Å². The number of amides is 3. The Hall–Kier alpha value is -3.34. The van der Waals surface area contributed by atoms with E-state index in [0.717, 1.165) is 44.2 Å². The van der Waals surface area contributed by atoms with Crippen LogP contribution in [-0.4, -0.2) is 123 Å². The van der Waals surface area contributed by atoms with Gasteiger partial charge in [-0.05, 0) is 31.1 Å². The highest BCUT2D eigenvalue weighted by Gasteiger charge is 2.21. The van der Waals surface area contributed by atoms with Crippen molar-refractivity contribution in [3.05, 3.63) is 11.9 Å². The summed E-state index contributed by atoms with van der Waals surface area (Å²) in [4.78, 5) is 48.0. The van der Waals surface area contributed by atoms with E-state index in [1.807, 2.05) is 6.20 Å². The molecule has 16 nitrogen and oxygen atoms in total. The largest absolute Gasteiger partial charge is 0.480 e. The summed E-state index contributed by atoms with van der Waals surface area (Å²) in [7, 11) is 0. The Labute approximate surface area is 360 Å². The Morgan fingerprint density at radius 3 is 1.82 bits per heavy atom. The van der Waals surface area contributed by atoms with Crippen molar-refractivity contribution in [3.8, 4) is 0 Å². The molecular formula is C44H82N6O10. The van der Waals surface area contributed by atoms with Crippen molar-refractivity contribution in [2.45, 2.75) is 169 Å². The maximum atomic E-state index is 12.3. The van der Waals surface area contributed by atoms with Crippen molar-refractivity contribution >= 4 is 23.9 Å². The maximum Gasteiger partial charge on any atom is 0.407 e. The average molecular weight is 855 g/mol. The number of nitrogens with one attached hydrogen (secondary N) is 3. The van der Waals surface area contributed by atoms with Crippen LogP contribution < -0.4 is 16.0 Å². The normalized spacial score (nSPS) is 12.0. The molecule has 348 valence electrons. The van der Waals surface area contributed by atoms with Gasteiger partial charge in [0.1, 0.15) is 6.04 Å². The minimum atomic E-state index is -1.14. The zero-order chi connectivity index (χ0) is 43.9. The summed E-state index contributed by atoms with van der Waals surface area (Å²) in [6.07, 6.45) is 21.1. The van der Waals surface area contributed by atoms with E-state index >= 15 is 0 Å². The molecule has 1 unspecified atom stereocenters. The van der Waals surface area contributed by atoms with Crippen LogP contribution in [0, 0.1) is 5.41 Å². The molecule has 0 spiro atoms. The monoisotopic (exact) mass is 855 g/mol. The van der Waals surface area contributed by atoms with Crippen LogP contribution in [0.15, 0.2) is 6.20 Å². The number of alkyl carbamates (subject to hydrolysis) is 1. The Morgan fingerprint density at radius 2 is 1.23 bits per heavy atom. The van der Waals surface area contributed by atoms with Crippen molar-refractivity contribution in [1.82, 2.24) is 30.9 Å². The van der Waals surface area contributed by atoms with E-state index in [1.165, 1.54) is 64.2 Å². The lowest BCUT2D eigenvalue weighted by Gasteiger charge is -2.17. The van der Waals surface area contributed by atoms with E-state index in [0.29, 0.717) is 84.2 Å². The lowest BCUT2D eigenvalue weighted by molar-refractivity contribution is -0.142. The number of carbonyl (C=O) groups is 4. The molecule has 0 aliphatic rings. The first-order chi connectivity index (χ1) is 29.0. The van der Waals surface area contributed by atoms with E-state index in [2.05, 4.69) is 54.0 Å². The van der Waals surface area contributed by atoms with Crippen molar-refractivity contribution in [2.24, 2.45) is 5.41 Å². The van der Waals surface area contributed by atoms with Gasteiger partial charge in [0.25, 0.3) is 0 Å². The Kier molecular flexibility index (Phi) is 34.1. The zero-order valence-electron chi connectivity index (χ0n) is 37.7. The lowest BCUT2D eigenvalue weighted by atomic mass is 9.90. The fourth-order valence-corrected chi connectivity index (χ4v) is 6.21. The van der Waals surface area contributed by atoms with Gasteiger partial charge in [0, 0.05) is 38.5 Å². The highest BCUT2D eigenvalue weighted by atomic mass is 16.6. The van der Waals surface area contributed by atoms with E-state index in [9.17, 15) is 24.3 Å². The summed E-state index contributed by atoms with van der Waals surface area (Å²) in [5.74, 6) is -1.72. The number of carboxylic acids is 1. The van der Waals surface area contributed by atoms with Gasteiger partial charge in [-0.1, -0.05) is 116 Å². The lowest BCUT2D eigenvalue weighted by Crippen LogP contribution is -2.41. The molecule has 1 aromatic heterocycles. The molecule has 0 aromatic carbocycles. The second-order valence-electron chi connectivity index (χ2n) is 16.6. The summed E-state index contributed by atoms with van der Waals surface area (Å²) in [5.41, 5.74) is 1.05. The number of hydrogen-bond acceptors (Lipinski definition) is 11.